The van der Waals surface area contributed by atoms with Crippen molar-refractivity contribution in [2.75, 3.05) is 7.11 Å². The van der Waals surface area contributed by atoms with Gasteiger partial charge in [0.2, 0.25) is 0 Å². The lowest BCUT2D eigenvalue weighted by Crippen LogP contribution is -2.23. The van der Waals surface area contributed by atoms with Gasteiger partial charge in [-0.2, -0.15) is 0 Å². The van der Waals surface area contributed by atoms with Gasteiger partial charge in [0.15, 0.2) is 0 Å². The SMILES string of the molecule is CONS(=O)(=O)c1cc(Cl)cc(C(=O)O)c1Cl. The molecule has 0 aliphatic rings. The molecule has 0 unspecified atom stereocenters. The van der Waals surface area contributed by atoms with E-state index in [0.717, 1.165) is 19.2 Å². The van der Waals surface area contributed by atoms with Crippen molar-refractivity contribution in [1.82, 2.24) is 4.89 Å². The Labute approximate surface area is 107 Å². The lowest BCUT2D eigenvalue weighted by atomic mass is 10.2. The highest BCUT2D eigenvalue weighted by atomic mass is 35.5. The number of hydrogen-bond donors (Lipinski definition) is 2. The first-order chi connectivity index (χ1) is 7.79. The number of aromatic carboxylic acids is 1. The molecule has 0 saturated carbocycles. The van der Waals surface area contributed by atoms with Crippen molar-refractivity contribution >= 4 is 39.2 Å². The van der Waals surface area contributed by atoms with E-state index in [2.05, 4.69) is 4.84 Å². The first-order valence-electron chi connectivity index (χ1n) is 4.06. The largest absolute Gasteiger partial charge is 0.478 e. The fourth-order valence-corrected chi connectivity index (χ4v) is 2.78. The van der Waals surface area contributed by atoms with E-state index >= 15 is 0 Å². The molecule has 0 bridgehead atoms. The van der Waals surface area contributed by atoms with Crippen LogP contribution in [-0.4, -0.2) is 26.6 Å². The average molecular weight is 300 g/mol. The number of carboxylic acid groups (broad SMARTS) is 1. The van der Waals surface area contributed by atoms with Gasteiger partial charge in [0, 0.05) is 5.02 Å². The van der Waals surface area contributed by atoms with Gasteiger partial charge in [-0.1, -0.05) is 28.1 Å². The van der Waals surface area contributed by atoms with Crippen LogP contribution < -0.4 is 4.89 Å². The second kappa shape index (κ2) is 5.19. The number of halogens is 2. The Balaban J connectivity index is 3.50. The maximum Gasteiger partial charge on any atom is 0.337 e. The van der Waals surface area contributed by atoms with Crippen molar-refractivity contribution in [1.29, 1.82) is 0 Å². The van der Waals surface area contributed by atoms with Crippen molar-refractivity contribution in [2.45, 2.75) is 4.90 Å². The second-order valence-corrected chi connectivity index (χ2v) is 5.29. The molecule has 0 spiro atoms. The molecule has 94 valence electrons. The van der Waals surface area contributed by atoms with Gasteiger partial charge in [0.25, 0.3) is 10.0 Å². The van der Waals surface area contributed by atoms with E-state index in [1.54, 1.807) is 4.89 Å². The van der Waals surface area contributed by atoms with Crippen molar-refractivity contribution in [3.63, 3.8) is 0 Å². The van der Waals surface area contributed by atoms with Crippen LogP contribution in [0.1, 0.15) is 10.4 Å². The lowest BCUT2D eigenvalue weighted by Gasteiger charge is -2.09. The number of hydrogen-bond acceptors (Lipinski definition) is 4. The minimum atomic E-state index is -4.07. The van der Waals surface area contributed by atoms with E-state index in [0.29, 0.717) is 0 Å². The van der Waals surface area contributed by atoms with Gasteiger partial charge in [-0.3, -0.25) is 4.84 Å². The molecule has 9 heteroatoms. The molecule has 1 rings (SSSR count). The Morgan fingerprint density at radius 1 is 1.41 bits per heavy atom. The van der Waals surface area contributed by atoms with E-state index in [4.69, 9.17) is 28.3 Å². The number of nitrogens with one attached hydrogen (secondary N) is 1. The third kappa shape index (κ3) is 3.08. The molecule has 0 radical (unpaired) electrons. The third-order valence-corrected chi connectivity index (χ3v) is 3.74. The van der Waals surface area contributed by atoms with Gasteiger partial charge in [0.05, 0.1) is 17.7 Å². The quantitative estimate of drug-likeness (QED) is 0.823. The topological polar surface area (TPSA) is 92.7 Å². The van der Waals surface area contributed by atoms with Crippen LogP contribution in [0.3, 0.4) is 0 Å². The molecule has 17 heavy (non-hydrogen) atoms. The molecule has 0 fully saturated rings. The number of carbonyl (C=O) groups is 1. The van der Waals surface area contributed by atoms with Crippen LogP contribution >= 0.6 is 23.2 Å². The van der Waals surface area contributed by atoms with E-state index in [-0.39, 0.29) is 5.02 Å². The summed E-state index contributed by atoms with van der Waals surface area (Å²) >= 11 is 11.3. The van der Waals surface area contributed by atoms with Crippen LogP contribution in [0.25, 0.3) is 0 Å². The Hall–Kier alpha value is -0.860. The summed E-state index contributed by atoms with van der Waals surface area (Å²) in [5, 5.41) is 8.32. The van der Waals surface area contributed by atoms with Crippen LogP contribution in [0.4, 0.5) is 0 Å². The predicted octanol–water partition coefficient (Wildman–Crippen LogP) is 1.53. The standard InChI is InChI=1S/C8H7Cl2NO5S/c1-16-11-17(14,15)6-3-4(9)2-5(7(6)10)8(12)13/h2-3,11H,1H3,(H,12,13). The summed E-state index contributed by atoms with van der Waals surface area (Å²) in [5.41, 5.74) is -0.407. The molecular formula is C8H7Cl2NO5S. The molecule has 6 nitrogen and oxygen atoms in total. The number of sulfonamides is 1. The lowest BCUT2D eigenvalue weighted by molar-refractivity contribution is 0.0697. The predicted molar refractivity (Wildman–Crippen MR) is 60.8 cm³/mol. The number of benzene rings is 1. The van der Waals surface area contributed by atoms with Crippen LogP contribution in [0, 0.1) is 0 Å². The highest BCUT2D eigenvalue weighted by molar-refractivity contribution is 7.89. The van der Waals surface area contributed by atoms with Gasteiger partial charge in [-0.25, -0.2) is 13.2 Å². The summed E-state index contributed by atoms with van der Waals surface area (Å²) < 4.78 is 23.2. The van der Waals surface area contributed by atoms with E-state index in [1.165, 1.54) is 0 Å². The van der Waals surface area contributed by atoms with E-state index in [9.17, 15) is 13.2 Å². The molecule has 0 aromatic heterocycles. The Bertz CT molecular complexity index is 557. The Morgan fingerprint density at radius 2 is 2.00 bits per heavy atom. The first-order valence-corrected chi connectivity index (χ1v) is 6.30. The summed E-state index contributed by atoms with van der Waals surface area (Å²) in [4.78, 5) is 16.3. The maximum absolute atomic E-state index is 11.6. The third-order valence-electron chi connectivity index (χ3n) is 1.72. The number of rotatable bonds is 4. The Kier molecular flexibility index (Phi) is 4.34. The molecule has 0 aliphatic carbocycles. The van der Waals surface area contributed by atoms with E-state index < -0.39 is 31.5 Å². The van der Waals surface area contributed by atoms with Crippen LogP contribution in [0.15, 0.2) is 17.0 Å². The highest BCUT2D eigenvalue weighted by Gasteiger charge is 2.23. The summed E-state index contributed by atoms with van der Waals surface area (Å²) in [7, 11) is -2.98. The molecule has 2 N–H and O–H groups in total. The molecule has 1 aromatic rings. The zero-order valence-corrected chi connectivity index (χ0v) is 10.7. The zero-order valence-electron chi connectivity index (χ0n) is 8.40. The average Bonchev–Trinajstić information content (AvgIpc) is 2.20. The van der Waals surface area contributed by atoms with Gasteiger partial charge >= 0.3 is 5.97 Å². The van der Waals surface area contributed by atoms with Gasteiger partial charge in [0.1, 0.15) is 4.90 Å². The van der Waals surface area contributed by atoms with Crippen LogP contribution in [0.5, 0.6) is 0 Å². The summed E-state index contributed by atoms with van der Waals surface area (Å²) in [6, 6.07) is 2.08. The van der Waals surface area contributed by atoms with Gasteiger partial charge in [-0.05, 0) is 12.1 Å². The second-order valence-electron chi connectivity index (χ2n) is 2.86. The summed E-state index contributed by atoms with van der Waals surface area (Å²) in [5.74, 6) is -1.38. The minimum Gasteiger partial charge on any atom is -0.478 e. The highest BCUT2D eigenvalue weighted by Crippen LogP contribution is 2.29. The smallest absolute Gasteiger partial charge is 0.337 e. The molecular weight excluding hydrogens is 293 g/mol. The van der Waals surface area contributed by atoms with Gasteiger partial charge in [-0.15, -0.1) is 0 Å². The molecule has 1 aromatic carbocycles. The Morgan fingerprint density at radius 3 is 2.47 bits per heavy atom. The fraction of sp³-hybridized carbons (Fsp3) is 0.125. The van der Waals surface area contributed by atoms with Crippen molar-refractivity contribution in [2.24, 2.45) is 0 Å². The van der Waals surface area contributed by atoms with Crippen LogP contribution in [0.2, 0.25) is 10.0 Å². The minimum absolute atomic E-state index is 0.0664. The van der Waals surface area contributed by atoms with Crippen molar-refractivity contribution < 1.29 is 23.2 Å². The van der Waals surface area contributed by atoms with Crippen molar-refractivity contribution in [3.05, 3.63) is 27.7 Å². The zero-order chi connectivity index (χ0) is 13.2. The van der Waals surface area contributed by atoms with Crippen molar-refractivity contribution in [3.8, 4) is 0 Å². The molecule has 0 aliphatic heterocycles. The molecule has 0 saturated heterocycles. The fourth-order valence-electron chi connectivity index (χ4n) is 1.07. The van der Waals surface area contributed by atoms with E-state index in [1.807, 2.05) is 0 Å². The van der Waals surface area contributed by atoms with Gasteiger partial charge < -0.3 is 5.11 Å². The molecule has 0 amide bonds. The molecule has 0 atom stereocenters. The maximum atomic E-state index is 11.6. The summed E-state index contributed by atoms with van der Waals surface area (Å²) in [6.45, 7) is 0. The summed E-state index contributed by atoms with van der Waals surface area (Å²) in [6.07, 6.45) is 0. The first kappa shape index (κ1) is 14.2. The number of carboxylic acids is 1. The normalized spacial score (nSPS) is 11.5. The molecule has 0 heterocycles. The monoisotopic (exact) mass is 299 g/mol. The van der Waals surface area contributed by atoms with Crippen LogP contribution in [-0.2, 0) is 14.9 Å².